The van der Waals surface area contributed by atoms with Gasteiger partial charge in [-0.2, -0.15) is 0 Å². The Labute approximate surface area is 121 Å². The van der Waals surface area contributed by atoms with E-state index in [-0.39, 0.29) is 11.2 Å². The van der Waals surface area contributed by atoms with Gasteiger partial charge in [0.15, 0.2) is 5.16 Å². The molecule has 2 heterocycles. The molecule has 20 heavy (non-hydrogen) atoms. The zero-order valence-electron chi connectivity index (χ0n) is 12.2. The smallest absolute Gasteiger partial charge is 0.343 e. The zero-order valence-corrected chi connectivity index (χ0v) is 13.0. The van der Waals surface area contributed by atoms with E-state index >= 15 is 0 Å². The molecule has 0 aliphatic heterocycles. The van der Waals surface area contributed by atoms with Gasteiger partial charge in [0.25, 0.3) is 0 Å². The molecule has 0 radical (unpaired) electrons. The topological polar surface area (TPSA) is 75.8 Å². The van der Waals surface area contributed by atoms with Crippen molar-refractivity contribution in [2.75, 3.05) is 0 Å². The normalized spacial score (nSPS) is 12.0. The molecule has 0 amide bonds. The van der Waals surface area contributed by atoms with Crippen molar-refractivity contribution >= 4 is 11.8 Å². The fourth-order valence-corrected chi connectivity index (χ4v) is 2.36. The minimum Gasteiger partial charge on any atom is -0.464 e. The summed E-state index contributed by atoms with van der Waals surface area (Å²) in [4.78, 5) is 11.2. The lowest BCUT2D eigenvalue weighted by Gasteiger charge is -2.19. The number of hydrogen-bond acceptors (Lipinski definition) is 5. The fourth-order valence-electron chi connectivity index (χ4n) is 1.54. The van der Waals surface area contributed by atoms with Gasteiger partial charge in [-0.15, -0.1) is 5.10 Å². The van der Waals surface area contributed by atoms with Gasteiger partial charge in [0.2, 0.25) is 0 Å². The Morgan fingerprint density at radius 2 is 2.10 bits per heavy atom. The Bertz CT molecular complexity index is 621. The number of aromatic amines is 1. The Morgan fingerprint density at radius 3 is 2.70 bits per heavy atom. The standard InChI is InChI=1S/C13H20N4O2S/c1-13(2,3)14-7-9-5-6-10(19-9)8-20-12-16-15-11(18)17(12)4/h5-6,14H,7-8H2,1-4H3,(H,15,18). The van der Waals surface area contributed by atoms with E-state index < -0.39 is 0 Å². The SMILES string of the molecule is Cn1c(SCc2ccc(CNC(C)(C)C)o2)n[nH]c1=O. The van der Waals surface area contributed by atoms with Crippen molar-refractivity contribution in [3.63, 3.8) is 0 Å². The first kappa shape index (κ1) is 14.9. The Balaban J connectivity index is 1.90. The number of rotatable bonds is 5. The van der Waals surface area contributed by atoms with Crippen LogP contribution in [0.15, 0.2) is 26.5 Å². The molecule has 0 aliphatic rings. The van der Waals surface area contributed by atoms with Crippen LogP contribution in [0.1, 0.15) is 32.3 Å². The first-order chi connectivity index (χ1) is 9.35. The first-order valence-corrected chi connectivity index (χ1v) is 7.40. The van der Waals surface area contributed by atoms with E-state index in [9.17, 15) is 4.79 Å². The van der Waals surface area contributed by atoms with Gasteiger partial charge < -0.3 is 9.73 Å². The minimum absolute atomic E-state index is 0.0645. The number of aromatic nitrogens is 3. The monoisotopic (exact) mass is 296 g/mol. The molecule has 0 fully saturated rings. The van der Waals surface area contributed by atoms with E-state index in [4.69, 9.17) is 4.42 Å². The molecule has 0 spiro atoms. The molecule has 0 saturated heterocycles. The van der Waals surface area contributed by atoms with Crippen LogP contribution in [0, 0.1) is 0 Å². The van der Waals surface area contributed by atoms with Gasteiger partial charge >= 0.3 is 5.69 Å². The van der Waals surface area contributed by atoms with E-state index in [1.165, 1.54) is 16.3 Å². The summed E-state index contributed by atoms with van der Waals surface area (Å²) in [5.74, 6) is 2.43. The number of hydrogen-bond donors (Lipinski definition) is 2. The predicted octanol–water partition coefficient (Wildman–Crippen LogP) is 1.88. The number of thioether (sulfide) groups is 1. The number of furan rings is 1. The van der Waals surface area contributed by atoms with Crippen LogP contribution in [-0.2, 0) is 19.3 Å². The van der Waals surface area contributed by atoms with Gasteiger partial charge in [-0.1, -0.05) is 11.8 Å². The van der Waals surface area contributed by atoms with E-state index in [0.29, 0.717) is 17.5 Å². The molecule has 0 aromatic carbocycles. The van der Waals surface area contributed by atoms with Crippen LogP contribution >= 0.6 is 11.8 Å². The summed E-state index contributed by atoms with van der Waals surface area (Å²) < 4.78 is 7.22. The molecule has 7 heteroatoms. The molecule has 0 bridgehead atoms. The molecule has 0 unspecified atom stereocenters. The average molecular weight is 296 g/mol. The van der Waals surface area contributed by atoms with Crippen molar-refractivity contribution in [2.45, 2.75) is 43.8 Å². The maximum atomic E-state index is 11.2. The maximum Gasteiger partial charge on any atom is 0.343 e. The van der Waals surface area contributed by atoms with Crippen LogP contribution in [0.2, 0.25) is 0 Å². The number of H-pyrrole nitrogens is 1. The van der Waals surface area contributed by atoms with Gasteiger partial charge in [0, 0.05) is 12.6 Å². The molecule has 2 aromatic heterocycles. The Morgan fingerprint density at radius 1 is 1.40 bits per heavy atom. The highest BCUT2D eigenvalue weighted by Gasteiger charge is 2.11. The zero-order chi connectivity index (χ0) is 14.8. The molecule has 2 N–H and O–H groups in total. The molecule has 0 aliphatic carbocycles. The largest absolute Gasteiger partial charge is 0.464 e. The first-order valence-electron chi connectivity index (χ1n) is 6.42. The third-order valence-corrected chi connectivity index (χ3v) is 3.74. The van der Waals surface area contributed by atoms with E-state index in [1.54, 1.807) is 7.05 Å². The van der Waals surface area contributed by atoms with Crippen molar-refractivity contribution in [1.82, 2.24) is 20.1 Å². The predicted molar refractivity (Wildman–Crippen MR) is 78.7 cm³/mol. The van der Waals surface area contributed by atoms with Gasteiger partial charge in [-0.05, 0) is 32.9 Å². The number of nitrogens with one attached hydrogen (secondary N) is 2. The molecular weight excluding hydrogens is 276 g/mol. The maximum absolute atomic E-state index is 11.2. The summed E-state index contributed by atoms with van der Waals surface area (Å²) in [6.07, 6.45) is 0. The lowest BCUT2D eigenvalue weighted by atomic mass is 10.1. The molecular formula is C13H20N4O2S. The van der Waals surface area contributed by atoms with E-state index in [1.807, 2.05) is 12.1 Å². The van der Waals surface area contributed by atoms with Crippen LogP contribution in [0.25, 0.3) is 0 Å². The van der Waals surface area contributed by atoms with Crippen LogP contribution in [0.3, 0.4) is 0 Å². The highest BCUT2D eigenvalue weighted by molar-refractivity contribution is 7.98. The van der Waals surface area contributed by atoms with Crippen LogP contribution in [0.4, 0.5) is 0 Å². The third kappa shape index (κ3) is 4.01. The van der Waals surface area contributed by atoms with Crippen molar-refractivity contribution in [2.24, 2.45) is 7.05 Å². The molecule has 2 rings (SSSR count). The van der Waals surface area contributed by atoms with Crippen molar-refractivity contribution in [3.8, 4) is 0 Å². The Hall–Kier alpha value is -1.47. The van der Waals surface area contributed by atoms with Crippen molar-refractivity contribution < 1.29 is 4.42 Å². The summed E-state index contributed by atoms with van der Waals surface area (Å²) in [6, 6.07) is 3.93. The molecule has 0 atom stereocenters. The average Bonchev–Trinajstić information content (AvgIpc) is 2.93. The lowest BCUT2D eigenvalue weighted by molar-refractivity contribution is 0.382. The Kier molecular flexibility index (Phi) is 4.39. The van der Waals surface area contributed by atoms with Gasteiger partial charge in [-0.25, -0.2) is 9.89 Å². The van der Waals surface area contributed by atoms with Gasteiger partial charge in [-0.3, -0.25) is 4.57 Å². The quantitative estimate of drug-likeness (QED) is 0.824. The highest BCUT2D eigenvalue weighted by Crippen LogP contribution is 2.20. The van der Waals surface area contributed by atoms with Gasteiger partial charge in [0.1, 0.15) is 11.5 Å². The number of nitrogens with zero attached hydrogens (tertiary/aromatic N) is 2. The lowest BCUT2D eigenvalue weighted by Crippen LogP contribution is -2.34. The second-order valence-corrected chi connectivity index (χ2v) is 6.57. The van der Waals surface area contributed by atoms with Crippen LogP contribution in [0.5, 0.6) is 0 Å². The summed E-state index contributed by atoms with van der Waals surface area (Å²) in [5.41, 5.74) is -0.142. The summed E-state index contributed by atoms with van der Waals surface area (Å²) >= 11 is 1.46. The van der Waals surface area contributed by atoms with E-state index in [0.717, 1.165) is 11.5 Å². The second-order valence-electron chi connectivity index (χ2n) is 5.63. The molecule has 0 saturated carbocycles. The third-order valence-electron chi connectivity index (χ3n) is 2.69. The van der Waals surface area contributed by atoms with Crippen LogP contribution < -0.4 is 11.0 Å². The molecule has 6 nitrogen and oxygen atoms in total. The van der Waals surface area contributed by atoms with Crippen LogP contribution in [-0.4, -0.2) is 20.3 Å². The second kappa shape index (κ2) is 5.88. The summed E-state index contributed by atoms with van der Waals surface area (Å²) in [5, 5.41) is 10.4. The van der Waals surface area contributed by atoms with Crippen molar-refractivity contribution in [3.05, 3.63) is 34.1 Å². The highest BCUT2D eigenvalue weighted by atomic mass is 32.2. The summed E-state index contributed by atoms with van der Waals surface area (Å²) in [6.45, 7) is 7.05. The molecule has 110 valence electrons. The van der Waals surface area contributed by atoms with Gasteiger partial charge in [0.05, 0.1) is 12.3 Å². The summed E-state index contributed by atoms with van der Waals surface area (Å²) in [7, 11) is 1.69. The fraction of sp³-hybridized carbons (Fsp3) is 0.538. The van der Waals surface area contributed by atoms with Crippen molar-refractivity contribution in [1.29, 1.82) is 0 Å². The minimum atomic E-state index is -0.206. The molecule has 2 aromatic rings. The van der Waals surface area contributed by atoms with E-state index in [2.05, 4.69) is 36.3 Å².